The average molecular weight is 362 g/mol. The van der Waals surface area contributed by atoms with Crippen molar-refractivity contribution in [3.63, 3.8) is 0 Å². The Morgan fingerprint density at radius 1 is 1.28 bits per heavy atom. The van der Waals surface area contributed by atoms with Crippen LogP contribution in [0.2, 0.25) is 0 Å². The molecule has 136 valence electrons. The number of allylic oxidation sites excluding steroid dienone is 1. The van der Waals surface area contributed by atoms with Crippen LogP contribution in [0, 0.1) is 0 Å². The lowest BCUT2D eigenvalue weighted by atomic mass is 9.97. The molecule has 25 heavy (non-hydrogen) atoms. The first-order valence-electron chi connectivity index (χ1n) is 9.25. The summed E-state index contributed by atoms with van der Waals surface area (Å²) in [4.78, 5) is 27.5. The molecule has 0 saturated carbocycles. The summed E-state index contributed by atoms with van der Waals surface area (Å²) in [6.45, 7) is 1.78. The average Bonchev–Trinajstić information content (AvgIpc) is 3.26. The predicted molar refractivity (Wildman–Crippen MR) is 101 cm³/mol. The molecule has 3 rings (SSSR count). The number of urea groups is 1. The number of hydrogen-bond acceptors (Lipinski definition) is 4. The number of hydrogen-bond donors (Lipinski definition) is 2. The Morgan fingerprint density at radius 3 is 2.96 bits per heavy atom. The van der Waals surface area contributed by atoms with E-state index in [0.29, 0.717) is 12.6 Å². The highest BCUT2D eigenvalue weighted by Crippen LogP contribution is 2.33. The molecule has 1 aliphatic carbocycles. The fourth-order valence-corrected chi connectivity index (χ4v) is 4.58. The molecule has 1 atom stereocenters. The largest absolute Gasteiger partial charge is 0.337 e. The minimum Gasteiger partial charge on any atom is -0.337 e. The van der Waals surface area contributed by atoms with Gasteiger partial charge < -0.3 is 5.32 Å². The van der Waals surface area contributed by atoms with E-state index in [1.165, 1.54) is 23.3 Å². The van der Waals surface area contributed by atoms with Gasteiger partial charge in [-0.1, -0.05) is 17.7 Å². The molecule has 0 spiro atoms. The van der Waals surface area contributed by atoms with Crippen molar-refractivity contribution >= 4 is 23.3 Å². The molecule has 1 aromatic heterocycles. The van der Waals surface area contributed by atoms with E-state index in [2.05, 4.69) is 33.1 Å². The van der Waals surface area contributed by atoms with E-state index in [4.69, 9.17) is 0 Å². The number of carbonyl (C=O) groups excluding carboxylic acids is 2. The highest BCUT2D eigenvalue weighted by Gasteiger charge is 2.28. The Balaban J connectivity index is 1.38. The van der Waals surface area contributed by atoms with Crippen molar-refractivity contribution < 1.29 is 9.59 Å². The van der Waals surface area contributed by atoms with Crippen molar-refractivity contribution in [2.45, 2.75) is 51.0 Å². The van der Waals surface area contributed by atoms with Crippen molar-refractivity contribution in [2.24, 2.45) is 0 Å². The van der Waals surface area contributed by atoms with Gasteiger partial charge >= 0.3 is 6.03 Å². The summed E-state index contributed by atoms with van der Waals surface area (Å²) >= 11 is 1.73. The Hall–Kier alpha value is -1.66. The maximum Gasteiger partial charge on any atom is 0.321 e. The van der Waals surface area contributed by atoms with Crippen LogP contribution in [0.1, 0.15) is 55.9 Å². The van der Waals surface area contributed by atoms with Crippen LogP contribution in [0.3, 0.4) is 0 Å². The van der Waals surface area contributed by atoms with Gasteiger partial charge in [-0.25, -0.2) is 4.79 Å². The van der Waals surface area contributed by atoms with Gasteiger partial charge in [-0.15, -0.1) is 11.3 Å². The lowest BCUT2D eigenvalue weighted by molar-refractivity contribution is -0.121. The maximum absolute atomic E-state index is 12.2. The van der Waals surface area contributed by atoms with Crippen LogP contribution in [0.15, 0.2) is 29.2 Å². The number of thiophene rings is 1. The van der Waals surface area contributed by atoms with Gasteiger partial charge in [0.05, 0.1) is 6.54 Å². The molecule has 6 heteroatoms. The fourth-order valence-electron chi connectivity index (χ4n) is 3.68. The number of imide groups is 1. The summed E-state index contributed by atoms with van der Waals surface area (Å²) in [5.41, 5.74) is 1.42. The van der Waals surface area contributed by atoms with Gasteiger partial charge in [-0.3, -0.25) is 15.0 Å². The number of rotatable bonds is 6. The summed E-state index contributed by atoms with van der Waals surface area (Å²) in [6.07, 6.45) is 10.2. The van der Waals surface area contributed by atoms with Crippen molar-refractivity contribution in [2.75, 3.05) is 19.6 Å². The second-order valence-corrected chi connectivity index (χ2v) is 7.79. The second-order valence-electron chi connectivity index (χ2n) is 6.81. The smallest absolute Gasteiger partial charge is 0.321 e. The molecule has 0 radical (unpaired) electrons. The topological polar surface area (TPSA) is 61.4 Å². The summed E-state index contributed by atoms with van der Waals surface area (Å²) in [7, 11) is 0. The zero-order valence-electron chi connectivity index (χ0n) is 14.6. The van der Waals surface area contributed by atoms with Gasteiger partial charge in [0, 0.05) is 17.5 Å². The molecular formula is C19H27N3O2S. The first kappa shape index (κ1) is 18.1. The summed E-state index contributed by atoms with van der Waals surface area (Å²) in [5, 5.41) is 7.33. The molecule has 2 N–H and O–H groups in total. The summed E-state index contributed by atoms with van der Waals surface area (Å²) < 4.78 is 0. The zero-order chi connectivity index (χ0) is 17.5. The molecule has 0 unspecified atom stereocenters. The maximum atomic E-state index is 12.2. The van der Waals surface area contributed by atoms with E-state index in [-0.39, 0.29) is 18.5 Å². The van der Waals surface area contributed by atoms with Crippen LogP contribution >= 0.6 is 11.3 Å². The Morgan fingerprint density at radius 2 is 2.20 bits per heavy atom. The van der Waals surface area contributed by atoms with E-state index in [0.717, 1.165) is 38.6 Å². The lowest BCUT2D eigenvalue weighted by Gasteiger charge is -2.22. The fraction of sp³-hybridized carbons (Fsp3) is 0.579. The standard InChI is InChI=1S/C19H27N3O2S/c23-18(14-22-12-4-8-16(22)17-9-5-13-25-17)21-19(24)20-11-10-15-6-2-1-3-7-15/h5-6,9,13,16H,1-4,7-8,10-12,14H2,(H2,20,21,23,24)/t16-/m0/s1. The monoisotopic (exact) mass is 361 g/mol. The van der Waals surface area contributed by atoms with Crippen molar-refractivity contribution in [3.8, 4) is 0 Å². The number of nitrogens with one attached hydrogen (secondary N) is 2. The van der Waals surface area contributed by atoms with Gasteiger partial charge in [-0.05, 0) is 62.9 Å². The highest BCUT2D eigenvalue weighted by molar-refractivity contribution is 7.10. The van der Waals surface area contributed by atoms with Gasteiger partial charge in [0.1, 0.15) is 0 Å². The molecule has 2 aliphatic rings. The van der Waals surface area contributed by atoms with Crippen LogP contribution in [-0.2, 0) is 4.79 Å². The Bertz CT molecular complexity index is 612. The molecular weight excluding hydrogens is 334 g/mol. The van der Waals surface area contributed by atoms with Crippen LogP contribution in [0.5, 0.6) is 0 Å². The number of nitrogens with zero attached hydrogens (tertiary/aromatic N) is 1. The minimum absolute atomic E-state index is 0.224. The molecule has 3 amide bonds. The Labute approximate surface area is 153 Å². The molecule has 1 aliphatic heterocycles. The molecule has 1 fully saturated rings. The third-order valence-corrected chi connectivity index (χ3v) is 5.93. The van der Waals surface area contributed by atoms with Gasteiger partial charge in [0.25, 0.3) is 0 Å². The molecule has 0 aromatic carbocycles. The van der Waals surface area contributed by atoms with Crippen molar-refractivity contribution in [1.82, 2.24) is 15.5 Å². The lowest BCUT2D eigenvalue weighted by Crippen LogP contribution is -2.44. The highest BCUT2D eigenvalue weighted by atomic mass is 32.1. The normalized spacial score (nSPS) is 21.0. The molecule has 1 saturated heterocycles. The zero-order valence-corrected chi connectivity index (χ0v) is 15.4. The van der Waals surface area contributed by atoms with Crippen LogP contribution < -0.4 is 10.6 Å². The van der Waals surface area contributed by atoms with Gasteiger partial charge in [-0.2, -0.15) is 0 Å². The molecule has 2 heterocycles. The summed E-state index contributed by atoms with van der Waals surface area (Å²) in [6, 6.07) is 4.10. The van der Waals surface area contributed by atoms with Gasteiger partial charge in [0.15, 0.2) is 0 Å². The number of likely N-dealkylation sites (tertiary alicyclic amines) is 1. The van der Waals surface area contributed by atoms with E-state index in [9.17, 15) is 9.59 Å². The third kappa shape index (κ3) is 5.41. The quantitative estimate of drug-likeness (QED) is 0.761. The summed E-state index contributed by atoms with van der Waals surface area (Å²) in [5.74, 6) is -0.224. The molecule has 5 nitrogen and oxygen atoms in total. The van der Waals surface area contributed by atoms with Crippen LogP contribution in [0.4, 0.5) is 4.79 Å². The molecule has 0 bridgehead atoms. The number of amides is 3. The van der Waals surface area contributed by atoms with Gasteiger partial charge in [0.2, 0.25) is 5.91 Å². The first-order chi connectivity index (χ1) is 12.2. The minimum atomic E-state index is -0.381. The second kappa shape index (κ2) is 9.15. The predicted octanol–water partition coefficient (Wildman–Crippen LogP) is 3.60. The number of carbonyl (C=O) groups is 2. The first-order valence-corrected chi connectivity index (χ1v) is 10.1. The van der Waals surface area contributed by atoms with E-state index in [1.807, 2.05) is 6.07 Å². The van der Waals surface area contributed by atoms with E-state index >= 15 is 0 Å². The Kier molecular flexibility index (Phi) is 6.64. The third-order valence-electron chi connectivity index (χ3n) is 4.95. The van der Waals surface area contributed by atoms with Crippen molar-refractivity contribution in [1.29, 1.82) is 0 Å². The van der Waals surface area contributed by atoms with E-state index in [1.54, 1.807) is 11.3 Å². The van der Waals surface area contributed by atoms with Crippen LogP contribution in [-0.4, -0.2) is 36.5 Å². The molecule has 1 aromatic rings. The van der Waals surface area contributed by atoms with E-state index < -0.39 is 0 Å². The van der Waals surface area contributed by atoms with Crippen molar-refractivity contribution in [3.05, 3.63) is 34.0 Å². The SMILES string of the molecule is O=C(CN1CCC[C@H]1c1cccs1)NC(=O)NCCC1=CCCCC1. The van der Waals surface area contributed by atoms with Crippen LogP contribution in [0.25, 0.3) is 0 Å².